The van der Waals surface area contributed by atoms with Gasteiger partial charge in [0.15, 0.2) is 0 Å². The molecule has 7 rings (SSSR count). The van der Waals surface area contributed by atoms with Crippen LogP contribution >= 0.6 is 0 Å². The summed E-state index contributed by atoms with van der Waals surface area (Å²) < 4.78 is 28.8. The van der Waals surface area contributed by atoms with Gasteiger partial charge in [0.1, 0.15) is 11.7 Å². The van der Waals surface area contributed by atoms with Crippen LogP contribution in [0.2, 0.25) is 0 Å². The maximum Gasteiger partial charge on any atom is 0.312 e. The fourth-order valence-corrected chi connectivity index (χ4v) is 15.6. The monoisotopic (exact) mass is 1070 g/mol. The predicted molar refractivity (Wildman–Crippen MR) is 294 cm³/mol. The van der Waals surface area contributed by atoms with Crippen molar-refractivity contribution < 1.29 is 62.7 Å². The Morgan fingerprint density at radius 1 is 0.645 bits per heavy atom. The Morgan fingerprint density at radius 3 is 1.68 bits per heavy atom. The minimum atomic E-state index is -0.788. The number of rotatable bonds is 31. The number of esters is 4. The quantitative estimate of drug-likeness (QED) is 0.0379. The summed E-state index contributed by atoms with van der Waals surface area (Å²) in [5.41, 5.74) is -1.85. The van der Waals surface area contributed by atoms with Crippen LogP contribution in [-0.4, -0.2) is 77.7 Å². The highest BCUT2D eigenvalue weighted by atomic mass is 16.7. The van der Waals surface area contributed by atoms with Gasteiger partial charge in [0, 0.05) is 31.1 Å². The Kier molecular flexibility index (Phi) is 23.2. The highest BCUT2D eigenvalue weighted by Crippen LogP contribution is 2.66. The molecule has 13 heteroatoms. The summed E-state index contributed by atoms with van der Waals surface area (Å²) in [6.45, 7) is 22.0. The van der Waals surface area contributed by atoms with Gasteiger partial charge in [-0.15, -0.1) is 0 Å². The molecule has 0 radical (unpaired) electrons. The molecule has 0 aromatic carbocycles. The van der Waals surface area contributed by atoms with E-state index in [9.17, 15) is 28.8 Å². The van der Waals surface area contributed by atoms with E-state index in [4.69, 9.17) is 33.9 Å². The molecule has 0 amide bonds. The van der Waals surface area contributed by atoms with Crippen molar-refractivity contribution in [1.82, 2.24) is 0 Å². The lowest BCUT2D eigenvalue weighted by atomic mass is 9.54. The van der Waals surface area contributed by atoms with Crippen molar-refractivity contribution in [3.8, 4) is 0 Å². The molecular formula is C63H106O13. The molecule has 6 aliphatic carbocycles. The molecule has 0 aromatic heterocycles. The van der Waals surface area contributed by atoms with Gasteiger partial charge in [-0.05, 0) is 203 Å². The zero-order valence-corrected chi connectivity index (χ0v) is 49.5. The van der Waals surface area contributed by atoms with Gasteiger partial charge in [0.25, 0.3) is 0 Å². The maximum atomic E-state index is 13.8. The van der Waals surface area contributed by atoms with Gasteiger partial charge < -0.3 is 33.9 Å². The van der Waals surface area contributed by atoms with E-state index >= 15 is 0 Å². The second-order valence-corrected chi connectivity index (χ2v) is 27.7. The van der Waals surface area contributed by atoms with Crippen LogP contribution < -0.4 is 0 Å². The van der Waals surface area contributed by atoms with Gasteiger partial charge in [-0.1, -0.05) is 80.1 Å². The van der Waals surface area contributed by atoms with Gasteiger partial charge >= 0.3 is 35.8 Å². The van der Waals surface area contributed by atoms with E-state index in [1.54, 1.807) is 0 Å². The van der Waals surface area contributed by atoms with Crippen LogP contribution in [0.15, 0.2) is 0 Å². The van der Waals surface area contributed by atoms with E-state index in [0.29, 0.717) is 62.9 Å². The van der Waals surface area contributed by atoms with E-state index in [0.717, 1.165) is 133 Å². The number of methoxy groups -OCH3 is 1. The smallest absolute Gasteiger partial charge is 0.312 e. The average Bonchev–Trinajstić information content (AvgIpc) is 3.68. The molecule has 436 valence electrons. The van der Waals surface area contributed by atoms with E-state index in [1.165, 1.54) is 32.8 Å². The van der Waals surface area contributed by atoms with Crippen molar-refractivity contribution in [2.75, 3.05) is 13.7 Å². The van der Waals surface area contributed by atoms with Crippen molar-refractivity contribution in [2.45, 2.75) is 280 Å². The van der Waals surface area contributed by atoms with Crippen molar-refractivity contribution in [2.24, 2.45) is 68.5 Å². The third-order valence-corrected chi connectivity index (χ3v) is 20.8. The fraction of sp³-hybridized carbons (Fsp3) is 0.905. The highest BCUT2D eigenvalue weighted by molar-refractivity contribution is 5.78. The molecule has 76 heavy (non-hydrogen) atoms. The summed E-state index contributed by atoms with van der Waals surface area (Å²) in [6, 6.07) is 0. The van der Waals surface area contributed by atoms with Crippen LogP contribution in [-0.2, 0) is 52.5 Å². The standard InChI is InChI=1S/C35H60O7.C28H46O6/c1-7-34(5,32(39)41-28-23-27-19-20-35(28,6)33(27,3)4)24-26(15-9-10-16-29(36)37)22-25(2)14-8-11-17-30(38)42-31-18-12-13-21-40-31;1-6-27(4,25(32)34-28-16-20-11-21(17-28)13-22(12-20)18-28)15-19(9-7-8-10-23(29)30)14-26(2,3)24(31)33-5/h25-28,31H,7-24H2,1-6H3,(H,36,37);19-22H,6-18H2,1-5H3,(H,29,30). The lowest BCUT2D eigenvalue weighted by molar-refractivity contribution is -0.198. The molecule has 7 aliphatic rings. The Morgan fingerprint density at radius 2 is 1.18 bits per heavy atom. The number of aliphatic carboxylic acids is 2. The molecule has 9 atom stereocenters. The first-order chi connectivity index (χ1) is 35.7. The number of unbranched alkanes of at least 4 members (excludes halogenated alkanes) is 3. The maximum absolute atomic E-state index is 13.8. The van der Waals surface area contributed by atoms with Crippen molar-refractivity contribution in [3.63, 3.8) is 0 Å². The van der Waals surface area contributed by atoms with Gasteiger partial charge in [-0.2, -0.15) is 0 Å². The molecule has 7 fully saturated rings. The molecule has 1 heterocycles. The van der Waals surface area contributed by atoms with Gasteiger partial charge in [0.2, 0.25) is 6.29 Å². The first kappa shape index (κ1) is 63.6. The number of carbonyl (C=O) groups excluding carboxylic acids is 4. The van der Waals surface area contributed by atoms with Gasteiger partial charge in [0.05, 0.1) is 30.0 Å². The molecular weight excluding hydrogens is 965 g/mol. The van der Waals surface area contributed by atoms with Crippen molar-refractivity contribution in [1.29, 1.82) is 0 Å². The number of carboxylic acids is 2. The number of hydrogen-bond donors (Lipinski definition) is 2. The molecule has 1 saturated heterocycles. The summed E-state index contributed by atoms with van der Waals surface area (Å²) in [5.74, 6) is 1.57. The predicted octanol–water partition coefficient (Wildman–Crippen LogP) is 14.6. The number of hydrogen-bond acceptors (Lipinski definition) is 11. The molecule has 6 saturated carbocycles. The van der Waals surface area contributed by atoms with Gasteiger partial charge in [-0.25, -0.2) is 0 Å². The minimum absolute atomic E-state index is 0.00562. The Labute approximate surface area is 458 Å². The first-order valence-corrected chi connectivity index (χ1v) is 30.5. The molecule has 6 bridgehead atoms. The zero-order valence-electron chi connectivity index (χ0n) is 49.5. The second kappa shape index (κ2) is 27.8. The zero-order chi connectivity index (χ0) is 56.1. The van der Waals surface area contributed by atoms with Crippen molar-refractivity contribution in [3.05, 3.63) is 0 Å². The number of carbonyl (C=O) groups is 6. The summed E-state index contributed by atoms with van der Waals surface area (Å²) in [4.78, 5) is 74.1. The first-order valence-electron chi connectivity index (χ1n) is 30.5. The highest BCUT2D eigenvalue weighted by Gasteiger charge is 2.63. The fourth-order valence-electron chi connectivity index (χ4n) is 15.6. The molecule has 0 spiro atoms. The van der Waals surface area contributed by atoms with Crippen LogP contribution in [0.1, 0.15) is 262 Å². The summed E-state index contributed by atoms with van der Waals surface area (Å²) in [6.07, 6.45) is 25.4. The van der Waals surface area contributed by atoms with E-state index in [1.807, 2.05) is 27.7 Å². The van der Waals surface area contributed by atoms with Crippen LogP contribution in [0, 0.1) is 68.5 Å². The van der Waals surface area contributed by atoms with E-state index < -0.39 is 28.2 Å². The Balaban J connectivity index is 0.000000287. The largest absolute Gasteiger partial charge is 0.481 e. The Hall–Kier alpha value is -3.22. The van der Waals surface area contributed by atoms with E-state index in [2.05, 4.69) is 41.5 Å². The van der Waals surface area contributed by atoms with E-state index in [-0.39, 0.29) is 71.5 Å². The molecule has 9 unspecified atom stereocenters. The lowest BCUT2D eigenvalue weighted by Crippen LogP contribution is -2.54. The summed E-state index contributed by atoms with van der Waals surface area (Å²) in [7, 11) is 1.41. The number of fused-ring (bicyclic) bond motifs is 2. The molecule has 2 N–H and O–H groups in total. The van der Waals surface area contributed by atoms with Crippen LogP contribution in [0.25, 0.3) is 0 Å². The van der Waals surface area contributed by atoms with Crippen molar-refractivity contribution >= 4 is 35.8 Å². The average molecular weight is 1070 g/mol. The minimum Gasteiger partial charge on any atom is -0.481 e. The lowest BCUT2D eigenvalue weighted by Gasteiger charge is -2.56. The molecule has 1 aliphatic heterocycles. The summed E-state index contributed by atoms with van der Waals surface area (Å²) in [5, 5.41) is 18.1. The third kappa shape index (κ3) is 17.1. The Bertz CT molecular complexity index is 1880. The number of ether oxygens (including phenoxy) is 5. The van der Waals surface area contributed by atoms with Crippen LogP contribution in [0.3, 0.4) is 0 Å². The third-order valence-electron chi connectivity index (χ3n) is 20.8. The molecule has 13 nitrogen and oxygen atoms in total. The topological polar surface area (TPSA) is 189 Å². The molecule has 0 aromatic rings. The number of carboxylic acid groups (broad SMARTS) is 2. The SMILES string of the molecule is CCC(C)(CC(CCCCC(=O)O)CC(C)(C)C(=O)OC)C(=O)OC12CC3CC(CC(C3)C1)C2.CCC(C)(CC(CCCCC(=O)O)CC(C)CCCCC(=O)OC1CCCCO1)C(=O)OC1CC2CCC1(C)C2(C)C. The second-order valence-electron chi connectivity index (χ2n) is 27.7. The van der Waals surface area contributed by atoms with Crippen LogP contribution in [0.5, 0.6) is 0 Å². The van der Waals surface area contributed by atoms with Crippen LogP contribution in [0.4, 0.5) is 0 Å². The van der Waals surface area contributed by atoms with Gasteiger partial charge in [-0.3, -0.25) is 28.8 Å². The normalized spacial score (nSPS) is 29.9. The summed E-state index contributed by atoms with van der Waals surface area (Å²) >= 11 is 0.